The van der Waals surface area contributed by atoms with E-state index in [0.717, 1.165) is 44.2 Å². The number of rotatable bonds is 5. The molecule has 9 aromatic rings. The summed E-state index contributed by atoms with van der Waals surface area (Å²) in [6.07, 6.45) is 0. The second-order valence-corrected chi connectivity index (χ2v) is 13.5. The number of furan rings is 1. The molecule has 0 amide bonds. The van der Waals surface area contributed by atoms with Crippen molar-refractivity contribution in [3.8, 4) is 33.7 Å². The van der Waals surface area contributed by atoms with Gasteiger partial charge >= 0.3 is 0 Å². The van der Waals surface area contributed by atoms with Crippen LogP contribution >= 0.6 is 0 Å². The molecule has 2 aromatic heterocycles. The molecule has 48 heavy (non-hydrogen) atoms. The third kappa shape index (κ3) is 4.46. The van der Waals surface area contributed by atoms with Crippen molar-refractivity contribution in [2.75, 3.05) is 0 Å². The fourth-order valence-corrected chi connectivity index (χ4v) is 7.44. The van der Waals surface area contributed by atoms with Gasteiger partial charge in [0.25, 0.3) is 0 Å². The molecule has 9 rings (SSSR count). The maximum Gasteiger partial charge on any atom is 0.231 e. The van der Waals surface area contributed by atoms with E-state index >= 15 is 0 Å². The van der Waals surface area contributed by atoms with Gasteiger partial charge in [-0.1, -0.05) is 131 Å². The van der Waals surface area contributed by atoms with Crippen molar-refractivity contribution < 1.29 is 8.83 Å². The standard InChI is InChI=1S/C45H35NO2/c1-26(2)36-23-31(28-12-6-5-7-13-28)24-37(27(3)4)42(36)34-17-11-19-40-44(34)48-45(46-40)35-18-10-16-33-39-22-30-21-20-29-14-8-9-15-32(29)38(30)25-41(39)47-43(33)35/h5-27H,1-4H3. The fraction of sp³-hybridized carbons (Fsp3) is 0.133. The SMILES string of the molecule is CC(C)c1cc(-c2ccccc2)cc(C(C)C)c1-c1cccc2nc(-c3cccc4c3oc3cc5c(ccc6ccccc65)cc34)oc12. The fourth-order valence-electron chi connectivity index (χ4n) is 7.44. The second-order valence-electron chi connectivity index (χ2n) is 13.5. The van der Waals surface area contributed by atoms with Gasteiger partial charge in [0.1, 0.15) is 16.7 Å². The van der Waals surface area contributed by atoms with E-state index in [1.807, 2.05) is 6.07 Å². The highest BCUT2D eigenvalue weighted by Crippen LogP contribution is 2.44. The second kappa shape index (κ2) is 11.0. The molecule has 0 saturated carbocycles. The van der Waals surface area contributed by atoms with E-state index < -0.39 is 0 Å². The molecule has 0 unspecified atom stereocenters. The van der Waals surface area contributed by atoms with Crippen molar-refractivity contribution in [1.29, 1.82) is 0 Å². The third-order valence-electron chi connectivity index (χ3n) is 9.83. The van der Waals surface area contributed by atoms with Gasteiger partial charge in [0.05, 0.1) is 5.56 Å². The van der Waals surface area contributed by atoms with E-state index in [2.05, 4.69) is 149 Å². The Hall–Kier alpha value is -5.67. The summed E-state index contributed by atoms with van der Waals surface area (Å²) < 4.78 is 13.5. The van der Waals surface area contributed by atoms with Crippen LogP contribution in [0.15, 0.2) is 136 Å². The summed E-state index contributed by atoms with van der Waals surface area (Å²) in [5.41, 5.74) is 11.6. The number of hydrogen-bond donors (Lipinski definition) is 0. The zero-order valence-electron chi connectivity index (χ0n) is 27.5. The van der Waals surface area contributed by atoms with E-state index in [4.69, 9.17) is 13.8 Å². The zero-order chi connectivity index (χ0) is 32.5. The minimum absolute atomic E-state index is 0.316. The van der Waals surface area contributed by atoms with Crippen LogP contribution in [0.1, 0.15) is 50.7 Å². The lowest BCUT2D eigenvalue weighted by atomic mass is 9.82. The lowest BCUT2D eigenvalue weighted by molar-refractivity contribution is 0.616. The van der Waals surface area contributed by atoms with Crippen molar-refractivity contribution in [1.82, 2.24) is 4.98 Å². The normalized spacial score (nSPS) is 12.1. The zero-order valence-corrected chi connectivity index (χ0v) is 27.5. The molecule has 0 N–H and O–H groups in total. The average molecular weight is 622 g/mol. The number of nitrogens with zero attached hydrogens (tertiary/aromatic N) is 1. The predicted octanol–water partition coefficient (Wildman–Crippen LogP) is 13.3. The highest BCUT2D eigenvalue weighted by molar-refractivity contribution is 6.17. The van der Waals surface area contributed by atoms with Crippen molar-refractivity contribution in [2.45, 2.75) is 39.5 Å². The van der Waals surface area contributed by atoms with E-state index in [-0.39, 0.29) is 0 Å². The molecule has 3 nitrogen and oxygen atoms in total. The molecular weight excluding hydrogens is 587 g/mol. The predicted molar refractivity (Wildman–Crippen MR) is 201 cm³/mol. The van der Waals surface area contributed by atoms with Gasteiger partial charge in [-0.15, -0.1) is 0 Å². The first-order valence-electron chi connectivity index (χ1n) is 16.8. The molecule has 0 spiro atoms. The number of para-hydroxylation sites is 2. The molecule has 0 atom stereocenters. The molecule has 232 valence electrons. The van der Waals surface area contributed by atoms with Gasteiger partial charge in [-0.05, 0) is 85.5 Å². The topological polar surface area (TPSA) is 39.2 Å². The van der Waals surface area contributed by atoms with Crippen molar-refractivity contribution >= 4 is 54.6 Å². The minimum atomic E-state index is 0.316. The minimum Gasteiger partial charge on any atom is -0.455 e. The molecule has 0 saturated heterocycles. The van der Waals surface area contributed by atoms with Crippen LogP contribution < -0.4 is 0 Å². The van der Waals surface area contributed by atoms with Gasteiger partial charge in [0, 0.05) is 16.3 Å². The molecule has 0 aliphatic carbocycles. The van der Waals surface area contributed by atoms with Gasteiger partial charge in [-0.3, -0.25) is 0 Å². The number of hydrogen-bond acceptors (Lipinski definition) is 3. The first kappa shape index (κ1) is 28.5. The Bertz CT molecular complexity index is 2640. The van der Waals surface area contributed by atoms with Gasteiger partial charge in [0.15, 0.2) is 5.58 Å². The smallest absolute Gasteiger partial charge is 0.231 e. The van der Waals surface area contributed by atoms with Crippen LogP contribution in [0.25, 0.3) is 88.3 Å². The highest BCUT2D eigenvalue weighted by atomic mass is 16.4. The monoisotopic (exact) mass is 621 g/mol. The Balaban J connectivity index is 1.24. The van der Waals surface area contributed by atoms with Crippen LogP contribution in [0, 0.1) is 0 Å². The van der Waals surface area contributed by atoms with Crippen LogP contribution in [0.5, 0.6) is 0 Å². The Morgan fingerprint density at radius 2 is 1.17 bits per heavy atom. The van der Waals surface area contributed by atoms with Gasteiger partial charge in [-0.2, -0.15) is 0 Å². The summed E-state index contributed by atoms with van der Waals surface area (Å²) in [5.74, 6) is 1.20. The number of benzene rings is 7. The van der Waals surface area contributed by atoms with Gasteiger partial charge in [-0.25, -0.2) is 4.98 Å². The van der Waals surface area contributed by atoms with Crippen LogP contribution in [-0.2, 0) is 0 Å². The molecule has 0 bridgehead atoms. The molecule has 3 heteroatoms. The largest absolute Gasteiger partial charge is 0.455 e. The Kier molecular flexibility index (Phi) is 6.52. The van der Waals surface area contributed by atoms with Crippen molar-refractivity contribution in [3.05, 3.63) is 139 Å². The number of oxazole rings is 1. The van der Waals surface area contributed by atoms with Gasteiger partial charge < -0.3 is 8.83 Å². The first-order chi connectivity index (χ1) is 23.4. The molecule has 0 aliphatic rings. The number of fused-ring (bicyclic) bond motifs is 7. The van der Waals surface area contributed by atoms with E-state index in [0.29, 0.717) is 17.7 Å². The summed E-state index contributed by atoms with van der Waals surface area (Å²) in [6, 6.07) is 45.3. The lowest BCUT2D eigenvalue weighted by Crippen LogP contribution is -2.01. The molecule has 0 fully saturated rings. The quantitative estimate of drug-likeness (QED) is 0.180. The van der Waals surface area contributed by atoms with E-state index in [9.17, 15) is 0 Å². The molecule has 7 aromatic carbocycles. The van der Waals surface area contributed by atoms with E-state index in [1.54, 1.807) is 0 Å². The summed E-state index contributed by atoms with van der Waals surface area (Å²) in [7, 11) is 0. The number of aromatic nitrogens is 1. The van der Waals surface area contributed by atoms with Crippen LogP contribution in [0.4, 0.5) is 0 Å². The molecular formula is C45H35NO2. The molecule has 2 heterocycles. The Morgan fingerprint density at radius 1 is 0.479 bits per heavy atom. The Morgan fingerprint density at radius 3 is 1.96 bits per heavy atom. The van der Waals surface area contributed by atoms with Gasteiger partial charge in [0.2, 0.25) is 5.89 Å². The maximum atomic E-state index is 6.79. The first-order valence-corrected chi connectivity index (χ1v) is 16.8. The van der Waals surface area contributed by atoms with Crippen LogP contribution in [0.2, 0.25) is 0 Å². The lowest BCUT2D eigenvalue weighted by Gasteiger charge is -2.22. The van der Waals surface area contributed by atoms with Crippen molar-refractivity contribution in [2.24, 2.45) is 0 Å². The summed E-state index contributed by atoms with van der Waals surface area (Å²) in [5, 5.41) is 6.98. The van der Waals surface area contributed by atoms with Crippen LogP contribution in [-0.4, -0.2) is 4.98 Å². The summed E-state index contributed by atoms with van der Waals surface area (Å²) in [6.45, 7) is 9.10. The average Bonchev–Trinajstić information content (AvgIpc) is 3.72. The molecule has 0 aliphatic heterocycles. The Labute approximate surface area is 279 Å². The van der Waals surface area contributed by atoms with E-state index in [1.165, 1.54) is 49.4 Å². The highest BCUT2D eigenvalue weighted by Gasteiger charge is 2.23. The van der Waals surface area contributed by atoms with Crippen molar-refractivity contribution in [3.63, 3.8) is 0 Å². The molecule has 0 radical (unpaired) electrons. The van der Waals surface area contributed by atoms with Crippen LogP contribution in [0.3, 0.4) is 0 Å². The maximum absolute atomic E-state index is 6.79. The summed E-state index contributed by atoms with van der Waals surface area (Å²) >= 11 is 0. The summed E-state index contributed by atoms with van der Waals surface area (Å²) in [4.78, 5) is 5.07. The third-order valence-corrected chi connectivity index (χ3v) is 9.83.